The van der Waals surface area contributed by atoms with E-state index in [1.165, 1.54) is 30.2 Å². The molecule has 0 saturated carbocycles. The molecule has 1 atom stereocenters. The third-order valence-electron chi connectivity index (χ3n) is 3.75. The number of hydrogen-bond donors (Lipinski definition) is 2. The molecule has 1 aromatic heterocycles. The van der Waals surface area contributed by atoms with Crippen LogP contribution in [0, 0.1) is 0 Å². The topological polar surface area (TPSA) is 128 Å². The zero-order chi connectivity index (χ0) is 19.9. The summed E-state index contributed by atoms with van der Waals surface area (Å²) in [5, 5.41) is 15.2. The highest BCUT2D eigenvalue weighted by Crippen LogP contribution is 2.20. The van der Waals surface area contributed by atoms with Gasteiger partial charge >= 0.3 is 12.0 Å². The molecule has 0 aliphatic heterocycles. The number of urea groups is 1. The van der Waals surface area contributed by atoms with Crippen molar-refractivity contribution in [3.8, 4) is 5.69 Å². The molecule has 0 unspecified atom stereocenters. The second kappa shape index (κ2) is 8.54. The lowest BCUT2D eigenvalue weighted by Crippen LogP contribution is -2.41. The normalized spacial score (nSPS) is 11.3. The molecule has 0 aliphatic carbocycles. The van der Waals surface area contributed by atoms with Gasteiger partial charge in [-0.25, -0.2) is 14.3 Å². The van der Waals surface area contributed by atoms with Crippen molar-refractivity contribution in [3.63, 3.8) is 0 Å². The Morgan fingerprint density at radius 1 is 1.04 bits per heavy atom. The van der Waals surface area contributed by atoms with Crippen LogP contribution in [-0.4, -0.2) is 45.2 Å². The number of nitrogens with zero attached hydrogens (tertiary/aromatic N) is 4. The van der Waals surface area contributed by atoms with Gasteiger partial charge in [-0.3, -0.25) is 10.1 Å². The van der Waals surface area contributed by atoms with Crippen LogP contribution < -0.4 is 10.6 Å². The van der Waals surface area contributed by atoms with Crippen molar-refractivity contribution in [1.82, 2.24) is 30.8 Å². The van der Waals surface area contributed by atoms with E-state index in [9.17, 15) is 14.4 Å². The average Bonchev–Trinajstić information content (AvgIpc) is 3.27. The number of nitrogens with one attached hydrogen (secondary N) is 2. The minimum atomic E-state index is -1.29. The Morgan fingerprint density at radius 3 is 2.36 bits per heavy atom. The number of hydrogen-bond acceptors (Lipinski definition) is 7. The molecule has 3 amide bonds. The van der Waals surface area contributed by atoms with Gasteiger partial charge in [-0.2, -0.15) is 0 Å². The van der Waals surface area contributed by atoms with E-state index in [0.29, 0.717) is 11.3 Å². The van der Waals surface area contributed by atoms with Crippen molar-refractivity contribution in [3.05, 3.63) is 72.1 Å². The van der Waals surface area contributed by atoms with Crippen LogP contribution in [0.25, 0.3) is 5.69 Å². The number of ether oxygens (including phenoxy) is 1. The Bertz CT molecular complexity index is 958. The van der Waals surface area contributed by atoms with Gasteiger partial charge in [0.05, 0.1) is 11.3 Å². The highest BCUT2D eigenvalue weighted by molar-refractivity contribution is 5.99. The second-order valence-electron chi connectivity index (χ2n) is 5.57. The molecule has 0 saturated heterocycles. The predicted molar refractivity (Wildman–Crippen MR) is 96.4 cm³/mol. The summed E-state index contributed by atoms with van der Waals surface area (Å²) in [5.41, 5.74) is 1.31. The minimum Gasteiger partial charge on any atom is -0.444 e. The predicted octanol–water partition coefficient (Wildman–Crippen LogP) is 1.02. The van der Waals surface area contributed by atoms with Gasteiger partial charge in [-0.05, 0) is 34.7 Å². The molecule has 2 N–H and O–H groups in total. The zero-order valence-corrected chi connectivity index (χ0v) is 14.8. The molecule has 0 radical (unpaired) electrons. The maximum absolute atomic E-state index is 12.5. The van der Waals surface area contributed by atoms with E-state index in [1.807, 2.05) is 0 Å². The van der Waals surface area contributed by atoms with Crippen molar-refractivity contribution in [1.29, 1.82) is 0 Å². The first-order valence-electron chi connectivity index (χ1n) is 8.20. The molecule has 142 valence electrons. The number of amides is 3. The number of tetrazole rings is 1. The van der Waals surface area contributed by atoms with Crippen LogP contribution in [0.1, 0.15) is 22.0 Å². The SMILES string of the molecule is CNC(=O)NC(=O)[C@H](OC(=O)c1ccc(-n2cnnn2)cc1)c1ccccc1. The van der Waals surface area contributed by atoms with E-state index in [2.05, 4.69) is 26.2 Å². The number of imide groups is 1. The molecular weight excluding hydrogens is 364 g/mol. The molecule has 10 heteroatoms. The van der Waals surface area contributed by atoms with Gasteiger partial charge in [0.1, 0.15) is 6.33 Å². The fourth-order valence-corrected chi connectivity index (χ4v) is 2.35. The van der Waals surface area contributed by atoms with Crippen molar-refractivity contribution < 1.29 is 19.1 Å². The summed E-state index contributed by atoms with van der Waals surface area (Å²) < 4.78 is 6.81. The van der Waals surface area contributed by atoms with Gasteiger partial charge < -0.3 is 10.1 Å². The maximum atomic E-state index is 12.5. The second-order valence-corrected chi connectivity index (χ2v) is 5.57. The van der Waals surface area contributed by atoms with Crippen molar-refractivity contribution in [2.45, 2.75) is 6.10 Å². The molecule has 2 aromatic carbocycles. The number of aromatic nitrogens is 4. The number of benzene rings is 2. The van der Waals surface area contributed by atoms with E-state index in [-0.39, 0.29) is 5.56 Å². The van der Waals surface area contributed by atoms with Gasteiger partial charge in [0.25, 0.3) is 5.91 Å². The lowest BCUT2D eigenvalue weighted by atomic mass is 10.1. The fraction of sp³-hybridized carbons (Fsp3) is 0.111. The van der Waals surface area contributed by atoms with Gasteiger partial charge in [0, 0.05) is 12.6 Å². The van der Waals surface area contributed by atoms with Crippen molar-refractivity contribution in [2.75, 3.05) is 7.05 Å². The summed E-state index contributed by atoms with van der Waals surface area (Å²) >= 11 is 0. The summed E-state index contributed by atoms with van der Waals surface area (Å²) in [4.78, 5) is 36.4. The molecule has 0 aliphatic rings. The first kappa shape index (κ1) is 18.7. The lowest BCUT2D eigenvalue weighted by molar-refractivity contribution is -0.129. The summed E-state index contributed by atoms with van der Waals surface area (Å²) in [6, 6.07) is 14.0. The van der Waals surface area contributed by atoms with E-state index >= 15 is 0 Å². The lowest BCUT2D eigenvalue weighted by Gasteiger charge is -2.17. The first-order valence-corrected chi connectivity index (χ1v) is 8.20. The monoisotopic (exact) mass is 380 g/mol. The van der Waals surface area contributed by atoms with Crippen molar-refractivity contribution >= 4 is 17.9 Å². The molecular formula is C18H16N6O4. The summed E-state index contributed by atoms with van der Waals surface area (Å²) in [6.07, 6.45) is 0.132. The molecule has 0 fully saturated rings. The van der Waals surface area contributed by atoms with Crippen molar-refractivity contribution in [2.24, 2.45) is 0 Å². The molecule has 28 heavy (non-hydrogen) atoms. The third kappa shape index (κ3) is 4.36. The highest BCUT2D eigenvalue weighted by atomic mass is 16.5. The molecule has 0 bridgehead atoms. The van der Waals surface area contributed by atoms with Crippen LogP contribution in [0.3, 0.4) is 0 Å². The zero-order valence-electron chi connectivity index (χ0n) is 14.8. The van der Waals surface area contributed by atoms with Crippen LogP contribution in [0.2, 0.25) is 0 Å². The molecule has 10 nitrogen and oxygen atoms in total. The number of carbonyl (C=O) groups is 3. The first-order chi connectivity index (χ1) is 13.6. The molecule has 3 aromatic rings. The quantitative estimate of drug-likeness (QED) is 0.632. The van der Waals surface area contributed by atoms with Crippen LogP contribution >= 0.6 is 0 Å². The van der Waals surface area contributed by atoms with E-state index in [0.717, 1.165) is 0 Å². The van der Waals surface area contributed by atoms with E-state index in [1.54, 1.807) is 42.5 Å². The summed E-state index contributed by atoms with van der Waals surface area (Å²) in [6.45, 7) is 0. The van der Waals surface area contributed by atoms with Crippen LogP contribution in [-0.2, 0) is 9.53 Å². The smallest absolute Gasteiger partial charge is 0.339 e. The minimum absolute atomic E-state index is 0.227. The van der Waals surface area contributed by atoms with E-state index in [4.69, 9.17) is 4.74 Å². The Kier molecular flexibility index (Phi) is 5.70. The van der Waals surface area contributed by atoms with Gasteiger partial charge in [0.15, 0.2) is 0 Å². The standard InChI is InChI=1S/C18H16N6O4/c1-19-18(27)21-16(25)15(12-5-3-2-4-6-12)28-17(26)13-7-9-14(10-8-13)24-11-20-22-23-24/h2-11,15H,1H3,(H2,19,21,25,27)/t15-/m1/s1. The van der Waals surface area contributed by atoms with Gasteiger partial charge in [-0.1, -0.05) is 30.3 Å². The molecule has 1 heterocycles. The van der Waals surface area contributed by atoms with Crippen LogP contribution in [0.4, 0.5) is 4.79 Å². The number of esters is 1. The van der Waals surface area contributed by atoms with E-state index < -0.39 is 24.0 Å². The highest BCUT2D eigenvalue weighted by Gasteiger charge is 2.26. The Balaban J connectivity index is 1.79. The fourth-order valence-electron chi connectivity index (χ4n) is 2.35. The van der Waals surface area contributed by atoms with Crippen LogP contribution in [0.5, 0.6) is 0 Å². The Labute approximate surface area is 159 Å². The number of carbonyl (C=O) groups excluding carboxylic acids is 3. The maximum Gasteiger partial charge on any atom is 0.339 e. The molecule has 0 spiro atoms. The van der Waals surface area contributed by atoms with Gasteiger partial charge in [-0.15, -0.1) is 5.10 Å². The summed E-state index contributed by atoms with van der Waals surface area (Å²) in [7, 11) is 1.37. The average molecular weight is 380 g/mol. The van der Waals surface area contributed by atoms with Crippen LogP contribution in [0.15, 0.2) is 60.9 Å². The van der Waals surface area contributed by atoms with Gasteiger partial charge in [0.2, 0.25) is 6.10 Å². The summed E-state index contributed by atoms with van der Waals surface area (Å²) in [5.74, 6) is -1.48. The Morgan fingerprint density at radius 2 is 1.75 bits per heavy atom. The number of rotatable bonds is 5. The largest absolute Gasteiger partial charge is 0.444 e. The third-order valence-corrected chi connectivity index (χ3v) is 3.75. The molecule has 3 rings (SSSR count). The Hall–Kier alpha value is -4.08.